The molecule has 0 amide bonds. The van der Waals surface area contributed by atoms with Gasteiger partial charge in [0.2, 0.25) is 10.0 Å². The van der Waals surface area contributed by atoms with Crippen LogP contribution in [-0.2, 0) is 16.6 Å². The highest BCUT2D eigenvalue weighted by molar-refractivity contribution is 7.89. The summed E-state index contributed by atoms with van der Waals surface area (Å²) < 4.78 is 38.2. The van der Waals surface area contributed by atoms with Crippen LogP contribution in [-0.4, -0.2) is 22.6 Å². The number of sulfonamides is 1. The van der Waals surface area contributed by atoms with E-state index < -0.39 is 10.0 Å². The van der Waals surface area contributed by atoms with Crippen molar-refractivity contribution in [2.24, 2.45) is 0 Å². The van der Waals surface area contributed by atoms with Crippen LogP contribution in [0.15, 0.2) is 65.6 Å². The lowest BCUT2D eigenvalue weighted by atomic mass is 10.1. The normalized spacial score (nSPS) is 11.4. The molecule has 0 unspecified atom stereocenters. The van der Waals surface area contributed by atoms with E-state index in [2.05, 4.69) is 4.72 Å². The van der Waals surface area contributed by atoms with Crippen LogP contribution in [0, 0.1) is 0 Å². The third kappa shape index (κ3) is 3.75. The molecule has 0 aliphatic carbocycles. The monoisotopic (exact) mass is 357 g/mol. The van der Waals surface area contributed by atoms with Crippen molar-refractivity contribution in [3.8, 4) is 11.5 Å². The molecule has 25 heavy (non-hydrogen) atoms. The zero-order valence-corrected chi connectivity index (χ0v) is 14.8. The fraction of sp³-hybridized carbons (Fsp3) is 0.158. The van der Waals surface area contributed by atoms with Gasteiger partial charge in [-0.1, -0.05) is 36.4 Å². The van der Waals surface area contributed by atoms with Gasteiger partial charge in [-0.05, 0) is 34.5 Å². The summed E-state index contributed by atoms with van der Waals surface area (Å²) in [6.45, 7) is 0.188. The highest BCUT2D eigenvalue weighted by atomic mass is 32.2. The van der Waals surface area contributed by atoms with Crippen molar-refractivity contribution in [3.63, 3.8) is 0 Å². The molecule has 5 nitrogen and oxygen atoms in total. The maximum atomic E-state index is 12.7. The number of rotatable bonds is 6. The van der Waals surface area contributed by atoms with Crippen LogP contribution in [0.4, 0.5) is 0 Å². The van der Waals surface area contributed by atoms with Crippen LogP contribution in [0.3, 0.4) is 0 Å². The Hall–Kier alpha value is -2.57. The van der Waals surface area contributed by atoms with Gasteiger partial charge in [0, 0.05) is 12.6 Å². The van der Waals surface area contributed by atoms with Gasteiger partial charge in [0.05, 0.1) is 14.2 Å². The highest BCUT2D eigenvalue weighted by Gasteiger charge is 2.20. The minimum atomic E-state index is -3.74. The van der Waals surface area contributed by atoms with Crippen LogP contribution in [0.2, 0.25) is 0 Å². The van der Waals surface area contributed by atoms with Crippen molar-refractivity contribution < 1.29 is 17.9 Å². The lowest BCUT2D eigenvalue weighted by Crippen LogP contribution is -2.23. The predicted octanol–water partition coefficient (Wildman–Crippen LogP) is 3.34. The van der Waals surface area contributed by atoms with Crippen LogP contribution < -0.4 is 14.2 Å². The van der Waals surface area contributed by atoms with Gasteiger partial charge in [-0.25, -0.2) is 13.1 Å². The average Bonchev–Trinajstić information content (AvgIpc) is 2.65. The second-order valence-electron chi connectivity index (χ2n) is 5.52. The Bertz CT molecular complexity index is 999. The van der Waals surface area contributed by atoms with Crippen molar-refractivity contribution in [1.29, 1.82) is 0 Å². The molecule has 130 valence electrons. The summed E-state index contributed by atoms with van der Waals surface area (Å²) >= 11 is 0. The van der Waals surface area contributed by atoms with E-state index in [9.17, 15) is 8.42 Å². The van der Waals surface area contributed by atoms with Gasteiger partial charge in [0.15, 0.2) is 0 Å². The van der Waals surface area contributed by atoms with E-state index in [1.807, 2.05) is 42.5 Å². The van der Waals surface area contributed by atoms with Gasteiger partial charge in [-0.15, -0.1) is 0 Å². The first kappa shape index (κ1) is 17.3. The summed E-state index contributed by atoms with van der Waals surface area (Å²) in [5, 5.41) is 2.18. The number of hydrogen-bond acceptors (Lipinski definition) is 4. The Morgan fingerprint density at radius 2 is 1.64 bits per heavy atom. The second-order valence-corrected chi connectivity index (χ2v) is 7.26. The number of nitrogens with one attached hydrogen (secondary N) is 1. The number of fused-ring (bicyclic) bond motifs is 1. The van der Waals surface area contributed by atoms with Gasteiger partial charge < -0.3 is 9.47 Å². The molecule has 3 aromatic rings. The highest BCUT2D eigenvalue weighted by Crippen LogP contribution is 2.28. The zero-order valence-electron chi connectivity index (χ0n) is 14.0. The molecule has 3 aromatic carbocycles. The fourth-order valence-electron chi connectivity index (χ4n) is 2.60. The molecular formula is C19H19NO4S. The Kier molecular flexibility index (Phi) is 4.92. The zero-order chi connectivity index (χ0) is 17.9. The summed E-state index contributed by atoms with van der Waals surface area (Å²) in [6.07, 6.45) is 0. The quantitative estimate of drug-likeness (QED) is 0.735. The summed E-state index contributed by atoms with van der Waals surface area (Å²) in [4.78, 5) is 0.0511. The second kappa shape index (κ2) is 7.13. The Labute approximate surface area is 147 Å². The van der Waals surface area contributed by atoms with Gasteiger partial charge in [0.1, 0.15) is 16.4 Å². The predicted molar refractivity (Wildman–Crippen MR) is 97.5 cm³/mol. The Balaban J connectivity index is 1.86. The van der Waals surface area contributed by atoms with Crippen LogP contribution in [0.25, 0.3) is 10.8 Å². The van der Waals surface area contributed by atoms with Crippen molar-refractivity contribution in [3.05, 3.63) is 66.2 Å². The largest absolute Gasteiger partial charge is 0.497 e. The van der Waals surface area contributed by atoms with Crippen molar-refractivity contribution in [1.82, 2.24) is 4.72 Å². The fourth-order valence-corrected chi connectivity index (χ4v) is 3.80. The third-order valence-electron chi connectivity index (χ3n) is 3.94. The minimum Gasteiger partial charge on any atom is -0.497 e. The molecule has 0 aromatic heterocycles. The maximum Gasteiger partial charge on any atom is 0.244 e. The Morgan fingerprint density at radius 1 is 0.880 bits per heavy atom. The van der Waals surface area contributed by atoms with E-state index in [0.29, 0.717) is 5.75 Å². The molecule has 0 bridgehead atoms. The van der Waals surface area contributed by atoms with Crippen LogP contribution >= 0.6 is 0 Å². The first-order valence-corrected chi connectivity index (χ1v) is 9.21. The lowest BCUT2D eigenvalue weighted by Gasteiger charge is -2.12. The number of benzene rings is 3. The maximum absolute atomic E-state index is 12.7. The molecule has 0 atom stereocenters. The van der Waals surface area contributed by atoms with E-state index in [1.54, 1.807) is 12.1 Å². The molecule has 1 N–H and O–H groups in total. The smallest absolute Gasteiger partial charge is 0.244 e. The molecule has 0 fully saturated rings. The molecular weight excluding hydrogens is 338 g/mol. The van der Waals surface area contributed by atoms with Crippen LogP contribution in [0.1, 0.15) is 5.56 Å². The standard InChI is InChI=1S/C19H19NO4S/c1-23-17-9-10-18(24-2)19(12-17)25(21,22)20-13-14-7-8-15-5-3-4-6-16(15)11-14/h3-12,20H,13H2,1-2H3. The lowest BCUT2D eigenvalue weighted by molar-refractivity contribution is 0.392. The topological polar surface area (TPSA) is 64.6 Å². The third-order valence-corrected chi connectivity index (χ3v) is 5.36. The van der Waals surface area contributed by atoms with Gasteiger partial charge in [-0.3, -0.25) is 0 Å². The molecule has 0 saturated heterocycles. The molecule has 0 heterocycles. The first-order chi connectivity index (χ1) is 12.0. The molecule has 0 radical (unpaired) electrons. The summed E-state index contributed by atoms with van der Waals surface area (Å²) in [5.41, 5.74) is 0.879. The number of hydrogen-bond donors (Lipinski definition) is 1. The summed E-state index contributed by atoms with van der Waals surface area (Å²) in [5.74, 6) is 0.721. The van der Waals surface area contributed by atoms with E-state index in [1.165, 1.54) is 20.3 Å². The Morgan fingerprint density at radius 3 is 2.36 bits per heavy atom. The van der Waals surface area contributed by atoms with Crippen molar-refractivity contribution in [2.75, 3.05) is 14.2 Å². The van der Waals surface area contributed by atoms with E-state index in [0.717, 1.165) is 16.3 Å². The van der Waals surface area contributed by atoms with Gasteiger partial charge in [0.25, 0.3) is 0 Å². The van der Waals surface area contributed by atoms with Crippen LogP contribution in [0.5, 0.6) is 11.5 Å². The van der Waals surface area contributed by atoms with E-state index >= 15 is 0 Å². The molecule has 0 aliphatic rings. The minimum absolute atomic E-state index is 0.0511. The SMILES string of the molecule is COc1ccc(OC)c(S(=O)(=O)NCc2ccc3ccccc3c2)c1. The first-order valence-electron chi connectivity index (χ1n) is 7.73. The molecule has 0 saturated carbocycles. The molecule has 6 heteroatoms. The summed E-state index contributed by atoms with van der Waals surface area (Å²) in [7, 11) is -0.821. The van der Waals surface area contributed by atoms with E-state index in [4.69, 9.17) is 9.47 Å². The molecule has 0 spiro atoms. The van der Waals surface area contributed by atoms with E-state index in [-0.39, 0.29) is 17.2 Å². The van der Waals surface area contributed by atoms with Crippen molar-refractivity contribution in [2.45, 2.75) is 11.4 Å². The van der Waals surface area contributed by atoms with Gasteiger partial charge >= 0.3 is 0 Å². The molecule has 3 rings (SSSR count). The average molecular weight is 357 g/mol. The molecule has 0 aliphatic heterocycles. The number of ether oxygens (including phenoxy) is 2. The summed E-state index contributed by atoms with van der Waals surface area (Å²) in [6, 6.07) is 18.5. The number of methoxy groups -OCH3 is 2. The van der Waals surface area contributed by atoms with Crippen molar-refractivity contribution >= 4 is 20.8 Å². The van der Waals surface area contributed by atoms with Gasteiger partial charge in [-0.2, -0.15) is 0 Å².